The Labute approximate surface area is 164 Å². The lowest BCUT2D eigenvalue weighted by molar-refractivity contribution is 0.0627. The van der Waals surface area contributed by atoms with Crippen LogP contribution >= 0.6 is 11.3 Å². The van der Waals surface area contributed by atoms with Crippen molar-refractivity contribution in [3.8, 4) is 11.3 Å². The summed E-state index contributed by atoms with van der Waals surface area (Å²) in [6.45, 7) is 6.16. The van der Waals surface area contributed by atoms with E-state index in [4.69, 9.17) is 4.98 Å². The minimum atomic E-state index is 0.147. The van der Waals surface area contributed by atoms with Crippen molar-refractivity contribution in [2.75, 3.05) is 26.2 Å². The molecule has 1 amide bonds. The standard InChI is InChI=1S/C22H23N3OS/c1-17-7-5-6-10-19(17)22(26)25-13-11-24(12-14-25)15-21-23-20(16-27-21)18-8-3-2-4-9-18/h2-10,16H,11-15H2,1H3. The lowest BCUT2D eigenvalue weighted by atomic mass is 10.1. The Hall–Kier alpha value is -2.50. The third kappa shape index (κ3) is 4.10. The quantitative estimate of drug-likeness (QED) is 0.687. The first-order chi connectivity index (χ1) is 13.2. The van der Waals surface area contributed by atoms with Gasteiger partial charge in [0.15, 0.2) is 0 Å². The van der Waals surface area contributed by atoms with E-state index in [0.29, 0.717) is 0 Å². The highest BCUT2D eigenvalue weighted by molar-refractivity contribution is 7.09. The first-order valence-corrected chi connectivity index (χ1v) is 10.2. The molecule has 2 heterocycles. The highest BCUT2D eigenvalue weighted by Gasteiger charge is 2.23. The van der Waals surface area contributed by atoms with Crippen LogP contribution in [0.1, 0.15) is 20.9 Å². The second-order valence-electron chi connectivity index (χ2n) is 6.88. The van der Waals surface area contributed by atoms with Gasteiger partial charge in [0.25, 0.3) is 5.91 Å². The zero-order valence-corrected chi connectivity index (χ0v) is 16.3. The molecule has 1 fully saturated rings. The van der Waals surface area contributed by atoms with Crippen LogP contribution in [0, 0.1) is 6.92 Å². The maximum atomic E-state index is 12.7. The molecule has 0 N–H and O–H groups in total. The molecular formula is C22H23N3OS. The Morgan fingerprint density at radius 3 is 2.44 bits per heavy atom. The normalized spacial score (nSPS) is 15.1. The van der Waals surface area contributed by atoms with Crippen LogP contribution in [0.5, 0.6) is 0 Å². The molecule has 27 heavy (non-hydrogen) atoms. The summed E-state index contributed by atoms with van der Waals surface area (Å²) in [5.74, 6) is 0.147. The van der Waals surface area contributed by atoms with Crippen molar-refractivity contribution >= 4 is 17.2 Å². The molecule has 1 aliphatic heterocycles. The molecule has 1 aliphatic rings. The van der Waals surface area contributed by atoms with Crippen LogP contribution in [-0.2, 0) is 6.54 Å². The number of rotatable bonds is 4. The molecule has 4 nitrogen and oxygen atoms in total. The molecular weight excluding hydrogens is 354 g/mol. The molecule has 0 radical (unpaired) electrons. The minimum absolute atomic E-state index is 0.147. The van der Waals surface area contributed by atoms with Crippen molar-refractivity contribution in [2.45, 2.75) is 13.5 Å². The number of carbonyl (C=O) groups is 1. The van der Waals surface area contributed by atoms with E-state index in [0.717, 1.165) is 60.1 Å². The second-order valence-corrected chi connectivity index (χ2v) is 7.82. The van der Waals surface area contributed by atoms with Gasteiger partial charge in [-0.05, 0) is 18.6 Å². The summed E-state index contributed by atoms with van der Waals surface area (Å²) in [7, 11) is 0. The molecule has 1 aromatic heterocycles. The summed E-state index contributed by atoms with van der Waals surface area (Å²) in [6, 6.07) is 18.1. The first kappa shape index (κ1) is 17.9. The fourth-order valence-electron chi connectivity index (χ4n) is 3.41. The zero-order chi connectivity index (χ0) is 18.6. The van der Waals surface area contributed by atoms with Crippen molar-refractivity contribution in [1.82, 2.24) is 14.8 Å². The maximum absolute atomic E-state index is 12.7. The van der Waals surface area contributed by atoms with Crippen LogP contribution in [0.15, 0.2) is 60.0 Å². The third-order valence-corrected chi connectivity index (χ3v) is 5.85. The number of nitrogens with zero attached hydrogens (tertiary/aromatic N) is 3. The molecule has 2 aromatic carbocycles. The van der Waals surface area contributed by atoms with Gasteiger partial charge in [-0.2, -0.15) is 0 Å². The molecule has 0 bridgehead atoms. The number of aromatic nitrogens is 1. The average molecular weight is 378 g/mol. The maximum Gasteiger partial charge on any atom is 0.254 e. The topological polar surface area (TPSA) is 36.4 Å². The fourth-order valence-corrected chi connectivity index (χ4v) is 4.25. The average Bonchev–Trinajstić information content (AvgIpc) is 3.18. The molecule has 0 unspecified atom stereocenters. The van der Waals surface area contributed by atoms with Crippen LogP contribution in [-0.4, -0.2) is 46.9 Å². The van der Waals surface area contributed by atoms with E-state index in [1.54, 1.807) is 11.3 Å². The van der Waals surface area contributed by atoms with Gasteiger partial charge in [0.05, 0.1) is 12.2 Å². The van der Waals surface area contributed by atoms with E-state index in [1.165, 1.54) is 0 Å². The summed E-state index contributed by atoms with van der Waals surface area (Å²) in [5, 5.41) is 3.26. The van der Waals surface area contributed by atoms with Crippen LogP contribution < -0.4 is 0 Å². The Balaban J connectivity index is 1.34. The Morgan fingerprint density at radius 2 is 1.70 bits per heavy atom. The molecule has 4 rings (SSSR count). The predicted molar refractivity (Wildman–Crippen MR) is 110 cm³/mol. The van der Waals surface area contributed by atoms with Gasteiger partial charge in [-0.1, -0.05) is 48.5 Å². The van der Waals surface area contributed by atoms with E-state index < -0.39 is 0 Å². The van der Waals surface area contributed by atoms with Crippen molar-refractivity contribution in [1.29, 1.82) is 0 Å². The monoisotopic (exact) mass is 377 g/mol. The first-order valence-electron chi connectivity index (χ1n) is 9.28. The van der Waals surface area contributed by atoms with Gasteiger partial charge < -0.3 is 4.90 Å². The van der Waals surface area contributed by atoms with Crippen LogP contribution in [0.2, 0.25) is 0 Å². The number of thiazole rings is 1. The van der Waals surface area contributed by atoms with Gasteiger partial charge in [0.1, 0.15) is 5.01 Å². The van der Waals surface area contributed by atoms with Gasteiger partial charge in [-0.15, -0.1) is 11.3 Å². The van der Waals surface area contributed by atoms with E-state index in [9.17, 15) is 4.79 Å². The number of amides is 1. The molecule has 0 atom stereocenters. The minimum Gasteiger partial charge on any atom is -0.336 e. The Bertz CT molecular complexity index is 914. The lowest BCUT2D eigenvalue weighted by Crippen LogP contribution is -2.48. The van der Waals surface area contributed by atoms with Crippen molar-refractivity contribution in [3.63, 3.8) is 0 Å². The molecule has 138 valence electrons. The van der Waals surface area contributed by atoms with E-state index in [1.807, 2.05) is 54.3 Å². The number of hydrogen-bond acceptors (Lipinski definition) is 4. The highest BCUT2D eigenvalue weighted by atomic mass is 32.1. The molecule has 5 heteroatoms. The molecule has 3 aromatic rings. The molecule has 1 saturated heterocycles. The summed E-state index contributed by atoms with van der Waals surface area (Å²) in [4.78, 5) is 21.9. The van der Waals surface area contributed by atoms with Crippen LogP contribution in [0.3, 0.4) is 0 Å². The SMILES string of the molecule is Cc1ccccc1C(=O)N1CCN(Cc2nc(-c3ccccc3)cs2)CC1. The number of aryl methyl sites for hydroxylation is 1. The van der Waals surface area contributed by atoms with Gasteiger partial charge in [-0.25, -0.2) is 4.98 Å². The van der Waals surface area contributed by atoms with Gasteiger partial charge in [0, 0.05) is 42.7 Å². The highest BCUT2D eigenvalue weighted by Crippen LogP contribution is 2.23. The largest absolute Gasteiger partial charge is 0.336 e. The number of hydrogen-bond donors (Lipinski definition) is 0. The van der Waals surface area contributed by atoms with Crippen molar-refractivity contribution in [3.05, 3.63) is 76.1 Å². The van der Waals surface area contributed by atoms with E-state index in [2.05, 4.69) is 22.4 Å². The molecule has 0 spiro atoms. The third-order valence-electron chi connectivity index (χ3n) is 5.02. The zero-order valence-electron chi connectivity index (χ0n) is 15.5. The predicted octanol–water partition coefficient (Wildman–Crippen LogP) is 4.08. The summed E-state index contributed by atoms with van der Waals surface area (Å²) >= 11 is 1.71. The number of benzene rings is 2. The van der Waals surface area contributed by atoms with Gasteiger partial charge in [-0.3, -0.25) is 9.69 Å². The van der Waals surface area contributed by atoms with E-state index >= 15 is 0 Å². The van der Waals surface area contributed by atoms with Crippen LogP contribution in [0.4, 0.5) is 0 Å². The number of piperazine rings is 1. The van der Waals surface area contributed by atoms with Gasteiger partial charge >= 0.3 is 0 Å². The fraction of sp³-hybridized carbons (Fsp3) is 0.273. The van der Waals surface area contributed by atoms with Crippen molar-refractivity contribution in [2.24, 2.45) is 0 Å². The van der Waals surface area contributed by atoms with E-state index in [-0.39, 0.29) is 5.91 Å². The number of carbonyl (C=O) groups excluding carboxylic acids is 1. The van der Waals surface area contributed by atoms with Gasteiger partial charge in [0.2, 0.25) is 0 Å². The molecule has 0 aliphatic carbocycles. The Kier molecular flexibility index (Phi) is 5.32. The Morgan fingerprint density at radius 1 is 1.00 bits per heavy atom. The summed E-state index contributed by atoms with van der Waals surface area (Å²) in [6.07, 6.45) is 0. The smallest absolute Gasteiger partial charge is 0.254 e. The molecule has 0 saturated carbocycles. The second kappa shape index (κ2) is 8.03. The summed E-state index contributed by atoms with van der Waals surface area (Å²) in [5.41, 5.74) is 4.07. The van der Waals surface area contributed by atoms with Crippen LogP contribution in [0.25, 0.3) is 11.3 Å². The lowest BCUT2D eigenvalue weighted by Gasteiger charge is -2.34. The summed E-state index contributed by atoms with van der Waals surface area (Å²) < 4.78 is 0. The van der Waals surface area contributed by atoms with Crippen molar-refractivity contribution < 1.29 is 4.79 Å².